The lowest BCUT2D eigenvalue weighted by Crippen LogP contribution is -2.32. The van der Waals surface area contributed by atoms with Crippen molar-refractivity contribution in [3.63, 3.8) is 0 Å². The van der Waals surface area contributed by atoms with Gasteiger partial charge in [-0.1, -0.05) is 53.6 Å². The quantitative estimate of drug-likeness (QED) is 0.511. The van der Waals surface area contributed by atoms with Gasteiger partial charge in [0.1, 0.15) is 10.9 Å². The molecular formula is C22H14N6O2S. The van der Waals surface area contributed by atoms with Crippen LogP contribution >= 0.6 is 11.3 Å². The number of hydrogen-bond acceptors (Lipinski definition) is 8. The molecule has 150 valence electrons. The van der Waals surface area contributed by atoms with E-state index in [-0.39, 0.29) is 17.8 Å². The van der Waals surface area contributed by atoms with Crippen molar-refractivity contribution in [1.82, 2.24) is 10.2 Å². The summed E-state index contributed by atoms with van der Waals surface area (Å²) in [6.07, 6.45) is -0.978. The Morgan fingerprint density at radius 1 is 1.03 bits per heavy atom. The molecule has 31 heavy (non-hydrogen) atoms. The highest BCUT2D eigenvalue weighted by atomic mass is 32.1. The Morgan fingerprint density at radius 2 is 1.84 bits per heavy atom. The fourth-order valence-electron chi connectivity index (χ4n) is 3.19. The molecule has 0 bridgehead atoms. The van der Waals surface area contributed by atoms with Crippen molar-refractivity contribution in [2.45, 2.75) is 6.17 Å². The van der Waals surface area contributed by atoms with Crippen LogP contribution in [0.25, 0.3) is 10.8 Å². The van der Waals surface area contributed by atoms with Gasteiger partial charge in [-0.2, -0.15) is 5.26 Å². The third kappa shape index (κ3) is 3.68. The number of nitriles is 1. The normalized spacial score (nSPS) is 15.3. The average molecular weight is 426 g/mol. The number of carbonyl (C=O) groups is 1. The Kier molecular flexibility index (Phi) is 4.74. The number of carbonyl (C=O) groups excluding carboxylic acids is 1. The molecule has 0 fully saturated rings. The van der Waals surface area contributed by atoms with E-state index in [1.807, 2.05) is 54.6 Å². The van der Waals surface area contributed by atoms with E-state index in [4.69, 9.17) is 9.68 Å². The number of benzene rings is 2. The Bertz CT molecular complexity index is 1340. The molecule has 0 saturated heterocycles. The van der Waals surface area contributed by atoms with Gasteiger partial charge in [0.25, 0.3) is 11.8 Å². The van der Waals surface area contributed by atoms with Gasteiger partial charge in [-0.05, 0) is 18.2 Å². The highest BCUT2D eigenvalue weighted by Gasteiger charge is 2.27. The minimum atomic E-state index is -0.978. The van der Waals surface area contributed by atoms with E-state index in [2.05, 4.69) is 31.9 Å². The molecule has 5 rings (SSSR count). The number of benzodiazepines with no additional fused rings is 1. The molecule has 0 spiro atoms. The predicted octanol–water partition coefficient (Wildman–Crippen LogP) is 3.90. The van der Waals surface area contributed by atoms with Gasteiger partial charge in [0, 0.05) is 11.1 Å². The number of rotatable bonds is 4. The zero-order valence-electron chi connectivity index (χ0n) is 15.9. The van der Waals surface area contributed by atoms with Crippen LogP contribution in [0.1, 0.15) is 16.0 Å². The van der Waals surface area contributed by atoms with Gasteiger partial charge in [0.05, 0.1) is 16.3 Å². The smallest absolute Gasteiger partial charge is 0.317 e. The summed E-state index contributed by atoms with van der Waals surface area (Å²) in [5.41, 5.74) is 3.05. The molecule has 0 radical (unpaired) electrons. The van der Waals surface area contributed by atoms with E-state index in [9.17, 15) is 4.79 Å². The van der Waals surface area contributed by atoms with Crippen molar-refractivity contribution in [2.75, 3.05) is 10.6 Å². The lowest BCUT2D eigenvalue weighted by Gasteiger charge is -2.11. The van der Waals surface area contributed by atoms with Crippen molar-refractivity contribution in [2.24, 2.45) is 4.99 Å². The number of thiophene rings is 1. The van der Waals surface area contributed by atoms with Crippen LogP contribution in [0.4, 0.5) is 11.7 Å². The number of nitrogens with one attached hydrogen (secondary N) is 2. The maximum absolute atomic E-state index is 12.9. The molecule has 3 heterocycles. The van der Waals surface area contributed by atoms with Crippen LogP contribution in [0.5, 0.6) is 0 Å². The van der Waals surface area contributed by atoms with Crippen LogP contribution in [0, 0.1) is 11.3 Å². The first-order valence-corrected chi connectivity index (χ1v) is 10.2. The first-order valence-electron chi connectivity index (χ1n) is 9.35. The SMILES string of the molecule is N#Cc1ccc(-c2nnc(NC3N=C(c4ccccc4)c4ccccc4NC3=O)o2)s1. The predicted molar refractivity (Wildman–Crippen MR) is 117 cm³/mol. The first-order chi connectivity index (χ1) is 15.2. The van der Waals surface area contributed by atoms with E-state index < -0.39 is 6.17 Å². The van der Waals surface area contributed by atoms with E-state index >= 15 is 0 Å². The number of aliphatic imine (C=N–C) groups is 1. The van der Waals surface area contributed by atoms with Gasteiger partial charge in [0.15, 0.2) is 0 Å². The van der Waals surface area contributed by atoms with Crippen molar-refractivity contribution in [3.05, 3.63) is 82.7 Å². The Labute approximate surface area is 180 Å². The second kappa shape index (κ2) is 7.85. The lowest BCUT2D eigenvalue weighted by atomic mass is 10.0. The van der Waals surface area contributed by atoms with Crippen molar-refractivity contribution in [1.29, 1.82) is 5.26 Å². The first kappa shape index (κ1) is 18.7. The summed E-state index contributed by atoms with van der Waals surface area (Å²) in [6.45, 7) is 0. The molecule has 2 aromatic heterocycles. The van der Waals surface area contributed by atoms with Crippen LogP contribution in [0.2, 0.25) is 0 Å². The number of aromatic nitrogens is 2. The summed E-state index contributed by atoms with van der Waals surface area (Å²) >= 11 is 1.25. The summed E-state index contributed by atoms with van der Waals surface area (Å²) in [5, 5.41) is 22.8. The van der Waals surface area contributed by atoms with E-state index in [0.717, 1.165) is 11.1 Å². The second-order valence-corrected chi connectivity index (χ2v) is 7.70. The highest BCUT2D eigenvalue weighted by Crippen LogP contribution is 2.28. The maximum Gasteiger partial charge on any atom is 0.317 e. The molecule has 4 aromatic rings. The molecule has 8 nitrogen and oxygen atoms in total. The maximum atomic E-state index is 12.9. The molecule has 1 aliphatic heterocycles. The number of para-hydroxylation sites is 1. The topological polar surface area (TPSA) is 116 Å². The fraction of sp³-hybridized carbons (Fsp3) is 0.0455. The van der Waals surface area contributed by atoms with E-state index in [0.29, 0.717) is 21.2 Å². The van der Waals surface area contributed by atoms with Crippen molar-refractivity contribution in [3.8, 4) is 16.8 Å². The summed E-state index contributed by atoms with van der Waals surface area (Å²) in [4.78, 5) is 18.8. The largest absolute Gasteiger partial charge is 0.402 e. The number of amides is 1. The zero-order valence-corrected chi connectivity index (χ0v) is 16.8. The van der Waals surface area contributed by atoms with Gasteiger partial charge < -0.3 is 15.1 Å². The minimum absolute atomic E-state index is 0.0594. The monoisotopic (exact) mass is 426 g/mol. The standard InChI is InChI=1S/C22H14N6O2S/c23-12-14-10-11-17(31-14)21-27-28-22(30-21)26-19-20(29)24-16-9-5-4-8-15(16)18(25-19)13-6-2-1-3-7-13/h1-11,19H,(H,24,29)(H,26,28). The number of hydrogen-bond donors (Lipinski definition) is 2. The molecule has 0 aliphatic carbocycles. The van der Waals surface area contributed by atoms with Gasteiger partial charge in [-0.3, -0.25) is 4.79 Å². The minimum Gasteiger partial charge on any atom is -0.402 e. The fourth-order valence-corrected chi connectivity index (χ4v) is 3.92. The second-order valence-electron chi connectivity index (χ2n) is 6.61. The lowest BCUT2D eigenvalue weighted by molar-refractivity contribution is -0.116. The molecule has 1 atom stereocenters. The Hall–Kier alpha value is -4.29. The van der Waals surface area contributed by atoms with Crippen molar-refractivity contribution >= 4 is 34.7 Å². The highest BCUT2D eigenvalue weighted by molar-refractivity contribution is 7.15. The van der Waals surface area contributed by atoms with Crippen molar-refractivity contribution < 1.29 is 9.21 Å². The molecular weight excluding hydrogens is 412 g/mol. The number of fused-ring (bicyclic) bond motifs is 1. The molecule has 1 amide bonds. The number of anilines is 2. The average Bonchev–Trinajstić information content (AvgIpc) is 3.44. The molecule has 1 aliphatic rings. The van der Waals surface area contributed by atoms with Gasteiger partial charge >= 0.3 is 6.01 Å². The summed E-state index contributed by atoms with van der Waals surface area (Å²) in [5.74, 6) is -0.0837. The Morgan fingerprint density at radius 3 is 2.65 bits per heavy atom. The van der Waals surface area contributed by atoms with E-state index in [1.54, 1.807) is 12.1 Å². The molecule has 1 unspecified atom stereocenters. The van der Waals surface area contributed by atoms with Crippen LogP contribution in [-0.4, -0.2) is 28.0 Å². The van der Waals surface area contributed by atoms with Gasteiger partial charge in [-0.25, -0.2) is 4.99 Å². The molecule has 2 N–H and O–H groups in total. The molecule has 0 saturated carbocycles. The third-order valence-corrected chi connectivity index (χ3v) is 5.58. The van der Waals surface area contributed by atoms with Crippen LogP contribution in [0.3, 0.4) is 0 Å². The van der Waals surface area contributed by atoms with Crippen LogP contribution in [-0.2, 0) is 4.79 Å². The molecule has 9 heteroatoms. The summed E-state index contributed by atoms with van der Waals surface area (Å²) < 4.78 is 5.66. The van der Waals surface area contributed by atoms with Gasteiger partial charge in [0.2, 0.25) is 6.17 Å². The van der Waals surface area contributed by atoms with Crippen LogP contribution < -0.4 is 10.6 Å². The van der Waals surface area contributed by atoms with E-state index in [1.165, 1.54) is 11.3 Å². The summed E-state index contributed by atoms with van der Waals surface area (Å²) in [7, 11) is 0. The van der Waals surface area contributed by atoms with Crippen LogP contribution in [0.15, 0.2) is 76.1 Å². The zero-order chi connectivity index (χ0) is 21.2. The molecule has 2 aromatic carbocycles. The third-order valence-electron chi connectivity index (χ3n) is 4.61. The Balaban J connectivity index is 1.49. The summed E-state index contributed by atoms with van der Waals surface area (Å²) in [6, 6.07) is 22.7. The number of nitrogens with zero attached hydrogens (tertiary/aromatic N) is 4. The van der Waals surface area contributed by atoms with Gasteiger partial charge in [-0.15, -0.1) is 16.4 Å².